The van der Waals surface area contributed by atoms with E-state index < -0.39 is 5.97 Å². The predicted octanol–water partition coefficient (Wildman–Crippen LogP) is 3.40. The van der Waals surface area contributed by atoms with Crippen LogP contribution in [0.2, 0.25) is 0 Å². The molecule has 17 heavy (non-hydrogen) atoms. The van der Waals surface area contributed by atoms with Crippen molar-refractivity contribution in [1.29, 1.82) is 0 Å². The van der Waals surface area contributed by atoms with E-state index in [4.69, 9.17) is 0 Å². The highest BCUT2D eigenvalue weighted by molar-refractivity contribution is 9.10. The second-order valence-corrected chi connectivity index (χ2v) is 4.60. The third kappa shape index (κ3) is 1.89. The number of carbonyl (C=O) groups is 1. The molecule has 0 aliphatic carbocycles. The number of halogens is 1. The van der Waals surface area contributed by atoms with Crippen LogP contribution in [0.1, 0.15) is 15.9 Å². The summed E-state index contributed by atoms with van der Waals surface area (Å²) in [5.74, 6) is -0.560. The Bertz CT molecular complexity index is 605. The van der Waals surface area contributed by atoms with Crippen LogP contribution in [0.25, 0.3) is 10.8 Å². The average molecular weight is 295 g/mol. The Balaban J connectivity index is 2.86. The first-order valence-corrected chi connectivity index (χ1v) is 5.84. The van der Waals surface area contributed by atoms with Crippen LogP contribution in [0.15, 0.2) is 28.7 Å². The number of aryl methyl sites for hydroxylation is 1. The monoisotopic (exact) mass is 294 g/mol. The van der Waals surface area contributed by atoms with Gasteiger partial charge in [-0.3, -0.25) is 0 Å². The van der Waals surface area contributed by atoms with Gasteiger partial charge in [0.15, 0.2) is 0 Å². The van der Waals surface area contributed by atoms with Crippen molar-refractivity contribution in [2.75, 3.05) is 7.11 Å². The summed E-state index contributed by atoms with van der Waals surface area (Å²) in [5.41, 5.74) is 0.909. The van der Waals surface area contributed by atoms with Crippen molar-refractivity contribution in [2.24, 2.45) is 0 Å². The Labute approximate surface area is 107 Å². The van der Waals surface area contributed by atoms with Crippen LogP contribution in [0.3, 0.4) is 0 Å². The molecular formula is C13H11BrO3. The first-order valence-electron chi connectivity index (χ1n) is 5.05. The molecule has 0 atom stereocenters. The number of phenols is 1. The molecule has 0 fully saturated rings. The molecule has 3 nitrogen and oxygen atoms in total. The minimum Gasteiger partial charge on any atom is -0.506 e. The number of aromatic hydroxyl groups is 1. The van der Waals surface area contributed by atoms with Crippen LogP contribution in [-0.2, 0) is 4.74 Å². The van der Waals surface area contributed by atoms with Crippen LogP contribution in [0.5, 0.6) is 5.75 Å². The van der Waals surface area contributed by atoms with Gasteiger partial charge in [-0.2, -0.15) is 0 Å². The van der Waals surface area contributed by atoms with E-state index in [-0.39, 0.29) is 11.3 Å². The molecule has 2 aromatic carbocycles. The molecule has 88 valence electrons. The van der Waals surface area contributed by atoms with Gasteiger partial charge in [-0.25, -0.2) is 4.79 Å². The first-order chi connectivity index (χ1) is 8.06. The van der Waals surface area contributed by atoms with Crippen molar-refractivity contribution in [1.82, 2.24) is 0 Å². The van der Waals surface area contributed by atoms with Crippen molar-refractivity contribution in [3.8, 4) is 5.75 Å². The highest BCUT2D eigenvalue weighted by atomic mass is 79.9. The fourth-order valence-electron chi connectivity index (χ4n) is 1.86. The summed E-state index contributed by atoms with van der Waals surface area (Å²) < 4.78 is 5.55. The molecule has 0 spiro atoms. The summed E-state index contributed by atoms with van der Waals surface area (Å²) in [4.78, 5) is 11.6. The molecule has 0 aromatic heterocycles. The molecule has 0 heterocycles. The normalized spacial score (nSPS) is 10.5. The quantitative estimate of drug-likeness (QED) is 0.820. The van der Waals surface area contributed by atoms with Gasteiger partial charge in [0, 0.05) is 9.86 Å². The Morgan fingerprint density at radius 1 is 1.35 bits per heavy atom. The van der Waals surface area contributed by atoms with E-state index in [2.05, 4.69) is 20.7 Å². The Kier molecular flexibility index (Phi) is 3.07. The van der Waals surface area contributed by atoms with Gasteiger partial charge >= 0.3 is 5.97 Å². The van der Waals surface area contributed by atoms with E-state index in [1.807, 2.05) is 18.2 Å². The van der Waals surface area contributed by atoms with Crippen LogP contribution in [0.4, 0.5) is 0 Å². The Morgan fingerprint density at radius 2 is 2.06 bits per heavy atom. The number of ether oxygens (including phenoxy) is 1. The van der Waals surface area contributed by atoms with E-state index >= 15 is 0 Å². The minimum atomic E-state index is -0.526. The lowest BCUT2D eigenvalue weighted by molar-refractivity contribution is 0.0597. The summed E-state index contributed by atoms with van der Waals surface area (Å²) in [6.07, 6.45) is 0. The summed E-state index contributed by atoms with van der Waals surface area (Å²) in [5, 5.41) is 11.6. The van der Waals surface area contributed by atoms with Crippen LogP contribution in [0, 0.1) is 6.92 Å². The number of hydrogen-bond donors (Lipinski definition) is 1. The van der Waals surface area contributed by atoms with E-state index in [9.17, 15) is 9.90 Å². The van der Waals surface area contributed by atoms with Gasteiger partial charge in [0.1, 0.15) is 11.3 Å². The number of benzene rings is 2. The van der Waals surface area contributed by atoms with E-state index in [1.165, 1.54) is 7.11 Å². The zero-order chi connectivity index (χ0) is 12.6. The van der Waals surface area contributed by atoms with Crippen LogP contribution < -0.4 is 0 Å². The highest BCUT2D eigenvalue weighted by Gasteiger charge is 2.18. The maximum Gasteiger partial charge on any atom is 0.341 e. The number of carbonyl (C=O) groups excluding carboxylic acids is 1. The van der Waals surface area contributed by atoms with E-state index in [0.29, 0.717) is 10.9 Å². The lowest BCUT2D eigenvalue weighted by atomic mass is 10.0. The van der Waals surface area contributed by atoms with Crippen LogP contribution in [-0.4, -0.2) is 18.2 Å². The molecular weight excluding hydrogens is 284 g/mol. The topological polar surface area (TPSA) is 46.5 Å². The second kappa shape index (κ2) is 4.37. The molecule has 1 N–H and O–H groups in total. The van der Waals surface area contributed by atoms with Gasteiger partial charge in [-0.05, 0) is 30.0 Å². The minimum absolute atomic E-state index is 0.0341. The lowest BCUT2D eigenvalue weighted by Crippen LogP contribution is -2.04. The highest BCUT2D eigenvalue weighted by Crippen LogP contribution is 2.35. The smallest absolute Gasteiger partial charge is 0.341 e. The van der Waals surface area contributed by atoms with Gasteiger partial charge < -0.3 is 9.84 Å². The standard InChI is InChI=1S/C13H11BrO3/c1-7-6-9-8(4-3-5-10(9)14)12(15)11(7)13(16)17-2/h3-6,15H,1-2H3. The molecule has 0 aliphatic heterocycles. The number of hydrogen-bond acceptors (Lipinski definition) is 3. The van der Waals surface area contributed by atoms with Gasteiger partial charge in [0.25, 0.3) is 0 Å². The fraction of sp³-hybridized carbons (Fsp3) is 0.154. The molecule has 0 amide bonds. The summed E-state index contributed by atoms with van der Waals surface area (Å²) in [6.45, 7) is 1.77. The molecule has 2 rings (SSSR count). The number of phenolic OH excluding ortho intramolecular Hbond substituents is 1. The SMILES string of the molecule is COC(=O)c1c(C)cc2c(Br)cccc2c1O. The van der Waals surface area contributed by atoms with Crippen LogP contribution >= 0.6 is 15.9 Å². The van der Waals surface area contributed by atoms with Gasteiger partial charge in [0.2, 0.25) is 0 Å². The molecule has 0 saturated heterocycles. The number of methoxy groups -OCH3 is 1. The zero-order valence-electron chi connectivity index (χ0n) is 9.45. The molecule has 4 heteroatoms. The Morgan fingerprint density at radius 3 is 2.71 bits per heavy atom. The summed E-state index contributed by atoms with van der Waals surface area (Å²) in [7, 11) is 1.30. The number of esters is 1. The first kappa shape index (κ1) is 11.9. The predicted molar refractivity (Wildman–Crippen MR) is 69.4 cm³/mol. The van der Waals surface area contributed by atoms with Crippen molar-refractivity contribution in [3.05, 3.63) is 39.9 Å². The van der Waals surface area contributed by atoms with Crippen molar-refractivity contribution >= 4 is 32.7 Å². The van der Waals surface area contributed by atoms with Gasteiger partial charge in [-0.15, -0.1) is 0 Å². The molecule has 0 radical (unpaired) electrons. The van der Waals surface area contributed by atoms with Crippen molar-refractivity contribution in [3.63, 3.8) is 0 Å². The fourth-order valence-corrected chi connectivity index (χ4v) is 2.34. The molecule has 0 unspecified atom stereocenters. The van der Waals surface area contributed by atoms with Gasteiger partial charge in [0.05, 0.1) is 7.11 Å². The molecule has 0 saturated carbocycles. The molecule has 2 aromatic rings. The second-order valence-electron chi connectivity index (χ2n) is 3.74. The van der Waals surface area contributed by atoms with E-state index in [0.717, 1.165) is 9.86 Å². The zero-order valence-corrected chi connectivity index (χ0v) is 11.0. The number of fused-ring (bicyclic) bond motifs is 1. The summed E-state index contributed by atoms with van der Waals surface area (Å²) >= 11 is 3.42. The van der Waals surface area contributed by atoms with Crippen molar-refractivity contribution in [2.45, 2.75) is 6.92 Å². The van der Waals surface area contributed by atoms with Gasteiger partial charge in [-0.1, -0.05) is 28.1 Å². The largest absolute Gasteiger partial charge is 0.506 e. The lowest BCUT2D eigenvalue weighted by Gasteiger charge is -2.10. The molecule has 0 bridgehead atoms. The summed E-state index contributed by atoms with van der Waals surface area (Å²) in [6, 6.07) is 7.31. The Hall–Kier alpha value is -1.55. The third-order valence-corrected chi connectivity index (χ3v) is 3.38. The third-order valence-electron chi connectivity index (χ3n) is 2.69. The number of rotatable bonds is 1. The molecule has 0 aliphatic rings. The maximum absolute atomic E-state index is 11.6. The maximum atomic E-state index is 11.6. The average Bonchev–Trinajstić information content (AvgIpc) is 2.30. The van der Waals surface area contributed by atoms with Crippen molar-refractivity contribution < 1.29 is 14.6 Å². The van der Waals surface area contributed by atoms with E-state index in [1.54, 1.807) is 13.0 Å².